The highest BCUT2D eigenvalue weighted by Gasteiger charge is 2.65. The number of hydrogen-bond donors (Lipinski definition) is 2. The summed E-state index contributed by atoms with van der Waals surface area (Å²) in [5.41, 5.74) is -0.645. The molecular weight excluding hydrogens is 564 g/mol. The van der Waals surface area contributed by atoms with Gasteiger partial charge >= 0.3 is 0 Å². The van der Waals surface area contributed by atoms with Crippen molar-refractivity contribution < 1.29 is 38.6 Å². The molecule has 3 unspecified atom stereocenters. The van der Waals surface area contributed by atoms with Crippen molar-refractivity contribution in [3.05, 3.63) is 22.8 Å². The van der Waals surface area contributed by atoms with E-state index in [1.54, 1.807) is 0 Å². The summed E-state index contributed by atoms with van der Waals surface area (Å²) in [6.45, 7) is 18.2. The van der Waals surface area contributed by atoms with Crippen LogP contribution in [0.4, 0.5) is 0 Å². The fraction of sp³-hybridized carbons (Fsp3) is 0.941. The van der Waals surface area contributed by atoms with E-state index in [0.29, 0.717) is 12.8 Å². The molecule has 8 rings (SSSR count). The maximum Gasteiger partial charge on any atom is 0.223 e. The molecular formula is C34H50N2O8. The zero-order valence-electron chi connectivity index (χ0n) is 26.3. The van der Waals surface area contributed by atoms with Gasteiger partial charge in [0.05, 0.1) is 60.0 Å². The third-order valence-electron chi connectivity index (χ3n) is 11.8. The van der Waals surface area contributed by atoms with Crippen molar-refractivity contribution in [3.63, 3.8) is 0 Å². The Balaban J connectivity index is 0.000000148. The fourth-order valence-corrected chi connectivity index (χ4v) is 9.75. The average molecular weight is 615 g/mol. The van der Waals surface area contributed by atoms with E-state index >= 15 is 0 Å². The van der Waals surface area contributed by atoms with Gasteiger partial charge in [-0.15, -0.1) is 0 Å². The van der Waals surface area contributed by atoms with Crippen molar-refractivity contribution in [1.29, 1.82) is 0 Å². The van der Waals surface area contributed by atoms with Crippen LogP contribution in [0.1, 0.15) is 110 Å². The highest BCUT2D eigenvalue weighted by Crippen LogP contribution is 2.55. The third kappa shape index (κ3) is 5.62. The summed E-state index contributed by atoms with van der Waals surface area (Å²) in [5.74, 6) is -0.347. The molecule has 5 aliphatic heterocycles. The van der Waals surface area contributed by atoms with E-state index in [1.807, 2.05) is 13.8 Å². The number of fused-ring (bicyclic) bond motifs is 4. The van der Waals surface area contributed by atoms with E-state index in [-0.39, 0.29) is 72.3 Å². The molecule has 8 aliphatic rings. The average Bonchev–Trinajstić information content (AvgIpc) is 3.64. The monoisotopic (exact) mass is 614 g/mol. The van der Waals surface area contributed by atoms with Crippen LogP contribution in [0.3, 0.4) is 0 Å². The van der Waals surface area contributed by atoms with Crippen LogP contribution in [-0.2, 0) is 28.4 Å². The molecule has 0 radical (unpaired) electrons. The second-order valence-corrected chi connectivity index (χ2v) is 15.1. The van der Waals surface area contributed by atoms with Crippen LogP contribution in [0.2, 0.25) is 0 Å². The lowest BCUT2D eigenvalue weighted by atomic mass is 9.76. The SMILES string of the molecule is [C-]#[N+][C@H](C)C[C@H]1CC[C@@H]2O[C@@H]3CC2(C[C@@H](O)[C@H]3O)O1.[C-]#[N+][C@H](C)C[C@H]1CC[C@@H]2O[C@@H]3CC2(C[C@H]2OC4(CCCCC4)OC32)O1. The molecule has 3 aliphatic carbocycles. The molecule has 2 N–H and O–H groups in total. The standard InChI is InChI=1S/C20H29NO4.C14H21NO4/c1-13(21-2)10-14-6-7-17-19(23-14)11-15(22-17)18-16(12-19)24-20(25-18)8-4-3-5-9-20;1-8(15-2)5-9-3-4-12-14(19-9)6-10(16)13(17)11(7-14)18-12/h13-18H,3-12H2,1H3;8-13,16-17H,3-7H2,1H3/t13-,14-,15-,16-,17+,18?,19?;8-,9-,10-,11-,12+,13-,14?/m11/s1. The predicted octanol–water partition coefficient (Wildman–Crippen LogP) is 4.49. The van der Waals surface area contributed by atoms with Crippen LogP contribution in [0.25, 0.3) is 9.69 Å². The van der Waals surface area contributed by atoms with Gasteiger partial charge in [-0.1, -0.05) is 6.42 Å². The van der Waals surface area contributed by atoms with Crippen molar-refractivity contribution in [2.24, 2.45) is 0 Å². The van der Waals surface area contributed by atoms with E-state index < -0.39 is 17.8 Å². The summed E-state index contributed by atoms with van der Waals surface area (Å²) in [4.78, 5) is 7.17. The van der Waals surface area contributed by atoms with E-state index in [0.717, 1.165) is 64.2 Å². The lowest BCUT2D eigenvalue weighted by Gasteiger charge is -2.44. The summed E-state index contributed by atoms with van der Waals surface area (Å²) < 4.78 is 38.1. The lowest BCUT2D eigenvalue weighted by Crippen LogP contribution is -2.54. The first-order valence-electron chi connectivity index (χ1n) is 17.3. The molecule has 10 heteroatoms. The van der Waals surface area contributed by atoms with Crippen molar-refractivity contribution in [3.8, 4) is 0 Å². The lowest BCUT2D eigenvalue weighted by molar-refractivity contribution is -0.215. The molecule has 0 aromatic heterocycles. The van der Waals surface area contributed by atoms with Gasteiger partial charge in [-0.25, -0.2) is 13.1 Å². The summed E-state index contributed by atoms with van der Waals surface area (Å²) in [7, 11) is 0. The number of nitrogens with zero attached hydrogens (tertiary/aromatic N) is 2. The Hall–Kier alpha value is -1.34. The molecule has 0 amide bonds. The van der Waals surface area contributed by atoms with Gasteiger partial charge in [0.25, 0.3) is 0 Å². The van der Waals surface area contributed by atoms with Gasteiger partial charge in [-0.05, 0) is 38.5 Å². The van der Waals surface area contributed by atoms with Gasteiger partial charge in [-0.2, -0.15) is 0 Å². The van der Waals surface area contributed by atoms with Crippen molar-refractivity contribution >= 4 is 0 Å². The first-order chi connectivity index (χ1) is 21.2. The Morgan fingerprint density at radius 3 is 1.84 bits per heavy atom. The molecule has 8 fully saturated rings. The van der Waals surface area contributed by atoms with Crippen LogP contribution in [0.15, 0.2) is 0 Å². The van der Waals surface area contributed by atoms with Gasteiger partial charge in [-0.3, -0.25) is 0 Å². The smallest absolute Gasteiger partial charge is 0.223 e. The highest BCUT2D eigenvalue weighted by molar-refractivity contribution is 5.13. The van der Waals surface area contributed by atoms with Crippen molar-refractivity contribution in [2.75, 3.05) is 0 Å². The van der Waals surface area contributed by atoms with Gasteiger partial charge < -0.3 is 48.3 Å². The van der Waals surface area contributed by atoms with Gasteiger partial charge in [0.2, 0.25) is 12.1 Å². The Labute approximate surface area is 261 Å². The van der Waals surface area contributed by atoms with Gasteiger partial charge in [0, 0.05) is 65.2 Å². The molecule has 10 nitrogen and oxygen atoms in total. The summed E-state index contributed by atoms with van der Waals surface area (Å²) >= 11 is 0. The normalized spacial score (nSPS) is 49.3. The molecule has 3 spiro atoms. The first kappa shape index (κ1) is 31.3. The number of ether oxygens (including phenoxy) is 6. The summed E-state index contributed by atoms with van der Waals surface area (Å²) in [6, 6.07) is -0.000785. The van der Waals surface area contributed by atoms with E-state index in [4.69, 9.17) is 41.6 Å². The van der Waals surface area contributed by atoms with Crippen LogP contribution >= 0.6 is 0 Å². The van der Waals surface area contributed by atoms with Gasteiger partial charge in [0.15, 0.2) is 5.79 Å². The van der Waals surface area contributed by atoms with Crippen LogP contribution < -0.4 is 0 Å². The molecule has 14 atom stereocenters. The quantitative estimate of drug-likeness (QED) is 0.447. The molecule has 5 saturated heterocycles. The summed E-state index contributed by atoms with van der Waals surface area (Å²) in [6.07, 6.45) is 12.9. The highest BCUT2D eigenvalue weighted by atomic mass is 16.8. The zero-order valence-corrected chi connectivity index (χ0v) is 26.3. The van der Waals surface area contributed by atoms with E-state index in [9.17, 15) is 10.2 Å². The molecule has 5 heterocycles. The Morgan fingerprint density at radius 2 is 1.23 bits per heavy atom. The minimum atomic E-state index is -0.791. The molecule has 3 saturated carbocycles. The Kier molecular flexibility index (Phi) is 8.55. The largest absolute Gasteiger partial charge is 0.390 e. The second kappa shape index (κ2) is 12.0. The maximum atomic E-state index is 9.95. The zero-order chi connectivity index (χ0) is 30.7. The number of hydrogen-bond acceptors (Lipinski definition) is 8. The molecule has 244 valence electrons. The van der Waals surface area contributed by atoms with Crippen molar-refractivity contribution in [2.45, 2.75) is 200 Å². The van der Waals surface area contributed by atoms with E-state index in [2.05, 4.69) is 9.69 Å². The van der Waals surface area contributed by atoms with Gasteiger partial charge in [0.1, 0.15) is 12.2 Å². The Morgan fingerprint density at radius 1 is 0.682 bits per heavy atom. The molecule has 44 heavy (non-hydrogen) atoms. The number of rotatable bonds is 4. The maximum absolute atomic E-state index is 9.95. The molecule has 4 bridgehead atoms. The van der Waals surface area contributed by atoms with Crippen LogP contribution in [-0.4, -0.2) is 100 Å². The fourth-order valence-electron chi connectivity index (χ4n) is 9.75. The number of aliphatic hydroxyl groups is 2. The topological polar surface area (TPSA) is 105 Å². The van der Waals surface area contributed by atoms with Crippen molar-refractivity contribution in [1.82, 2.24) is 0 Å². The predicted molar refractivity (Wildman–Crippen MR) is 158 cm³/mol. The molecule has 0 aromatic rings. The van der Waals surface area contributed by atoms with Crippen LogP contribution in [0.5, 0.6) is 0 Å². The van der Waals surface area contributed by atoms with E-state index in [1.165, 1.54) is 19.3 Å². The Bertz CT molecular complexity index is 1140. The van der Waals surface area contributed by atoms with Crippen LogP contribution in [0, 0.1) is 13.1 Å². The third-order valence-corrected chi connectivity index (χ3v) is 11.8. The first-order valence-corrected chi connectivity index (χ1v) is 17.3. The summed E-state index contributed by atoms with van der Waals surface area (Å²) in [5, 5.41) is 19.8. The number of aliphatic hydroxyl groups excluding tert-OH is 2. The molecule has 0 aromatic carbocycles. The minimum absolute atomic E-state index is 0.0104. The second-order valence-electron chi connectivity index (χ2n) is 15.1. The minimum Gasteiger partial charge on any atom is -0.390 e.